The Bertz CT molecular complexity index is 307. The molecule has 116 valence electrons. The first kappa shape index (κ1) is 14.8. The Morgan fingerprint density at radius 2 is 1.90 bits per heavy atom. The lowest BCUT2D eigenvalue weighted by molar-refractivity contribution is 0.214. The van der Waals surface area contributed by atoms with E-state index in [0.717, 1.165) is 24.0 Å². The van der Waals surface area contributed by atoms with Gasteiger partial charge in [0.2, 0.25) is 0 Å². The van der Waals surface area contributed by atoms with Crippen molar-refractivity contribution in [2.45, 2.75) is 70.0 Å². The summed E-state index contributed by atoms with van der Waals surface area (Å²) in [6.45, 7) is 7.47. The number of hydrogen-bond acceptors (Lipinski definition) is 3. The summed E-state index contributed by atoms with van der Waals surface area (Å²) in [5, 5.41) is 3.82. The van der Waals surface area contributed by atoms with Crippen LogP contribution in [0.5, 0.6) is 0 Å². The van der Waals surface area contributed by atoms with Crippen LogP contribution in [0.15, 0.2) is 0 Å². The van der Waals surface area contributed by atoms with Gasteiger partial charge in [0.1, 0.15) is 0 Å². The topological polar surface area (TPSA) is 18.5 Å². The number of hydrogen-bond donors (Lipinski definition) is 1. The lowest BCUT2D eigenvalue weighted by atomic mass is 9.87. The monoisotopic (exact) mass is 279 g/mol. The van der Waals surface area contributed by atoms with Crippen molar-refractivity contribution in [3.8, 4) is 0 Å². The van der Waals surface area contributed by atoms with Gasteiger partial charge in [-0.15, -0.1) is 0 Å². The van der Waals surface area contributed by atoms with Gasteiger partial charge in [0, 0.05) is 37.8 Å². The zero-order valence-corrected chi connectivity index (χ0v) is 13.5. The lowest BCUT2D eigenvalue weighted by Crippen LogP contribution is -2.42. The van der Waals surface area contributed by atoms with Crippen LogP contribution < -0.4 is 5.32 Å². The number of nitrogens with zero attached hydrogens (tertiary/aromatic N) is 2. The van der Waals surface area contributed by atoms with E-state index in [9.17, 15) is 0 Å². The van der Waals surface area contributed by atoms with Crippen molar-refractivity contribution in [2.75, 3.05) is 33.2 Å². The van der Waals surface area contributed by atoms with Crippen molar-refractivity contribution in [1.29, 1.82) is 0 Å². The molecule has 1 aliphatic carbocycles. The molecule has 3 rings (SSSR count). The predicted molar refractivity (Wildman–Crippen MR) is 85.1 cm³/mol. The molecule has 0 aromatic carbocycles. The molecule has 0 amide bonds. The van der Waals surface area contributed by atoms with E-state index in [-0.39, 0.29) is 0 Å². The van der Waals surface area contributed by atoms with Gasteiger partial charge in [0.15, 0.2) is 0 Å². The summed E-state index contributed by atoms with van der Waals surface area (Å²) >= 11 is 0. The molecule has 2 bridgehead atoms. The van der Waals surface area contributed by atoms with Crippen LogP contribution in [0.25, 0.3) is 0 Å². The zero-order chi connectivity index (χ0) is 13.9. The SMILES string of the molecule is CC1CCCC(NCCN2CCC3CCC(C2)N3C)C1. The van der Waals surface area contributed by atoms with Gasteiger partial charge in [-0.25, -0.2) is 0 Å². The molecule has 0 aromatic rings. The molecule has 3 heteroatoms. The molecule has 0 aromatic heterocycles. The molecule has 20 heavy (non-hydrogen) atoms. The van der Waals surface area contributed by atoms with Gasteiger partial charge in [-0.3, -0.25) is 4.90 Å². The second-order valence-electron chi connectivity index (χ2n) is 7.56. The second kappa shape index (κ2) is 6.76. The third-order valence-corrected chi connectivity index (χ3v) is 6.03. The third-order valence-electron chi connectivity index (χ3n) is 6.03. The van der Waals surface area contributed by atoms with Gasteiger partial charge in [-0.1, -0.05) is 19.8 Å². The van der Waals surface area contributed by atoms with Crippen LogP contribution in [-0.2, 0) is 0 Å². The van der Waals surface area contributed by atoms with Crippen molar-refractivity contribution >= 4 is 0 Å². The number of rotatable bonds is 4. The molecule has 4 unspecified atom stereocenters. The first-order valence-corrected chi connectivity index (χ1v) is 8.90. The van der Waals surface area contributed by atoms with Crippen molar-refractivity contribution in [1.82, 2.24) is 15.1 Å². The van der Waals surface area contributed by atoms with Crippen molar-refractivity contribution in [2.24, 2.45) is 5.92 Å². The molecular weight excluding hydrogens is 246 g/mol. The van der Waals surface area contributed by atoms with Crippen LogP contribution in [0.4, 0.5) is 0 Å². The average molecular weight is 279 g/mol. The number of nitrogens with one attached hydrogen (secondary N) is 1. The standard InChI is InChI=1S/C17H33N3/c1-14-4-3-5-15(12-14)18-9-11-20-10-8-16-6-7-17(13-20)19(16)2/h14-18H,3-13H2,1-2H3. The van der Waals surface area contributed by atoms with E-state index in [1.165, 1.54) is 71.1 Å². The predicted octanol–water partition coefficient (Wildman–Crippen LogP) is 2.32. The molecule has 3 fully saturated rings. The van der Waals surface area contributed by atoms with Crippen LogP contribution in [0.3, 0.4) is 0 Å². The van der Waals surface area contributed by atoms with E-state index in [4.69, 9.17) is 0 Å². The molecule has 2 saturated heterocycles. The Labute approximate surface area is 125 Å². The zero-order valence-electron chi connectivity index (χ0n) is 13.5. The maximum atomic E-state index is 3.82. The Hall–Kier alpha value is -0.120. The summed E-state index contributed by atoms with van der Waals surface area (Å²) < 4.78 is 0. The molecule has 3 nitrogen and oxygen atoms in total. The molecule has 1 saturated carbocycles. The highest BCUT2D eigenvalue weighted by Gasteiger charge is 2.34. The molecule has 2 aliphatic heterocycles. The quantitative estimate of drug-likeness (QED) is 0.852. The second-order valence-corrected chi connectivity index (χ2v) is 7.56. The van der Waals surface area contributed by atoms with Crippen molar-refractivity contribution < 1.29 is 0 Å². The highest BCUT2D eigenvalue weighted by Crippen LogP contribution is 2.28. The van der Waals surface area contributed by atoms with Gasteiger partial charge >= 0.3 is 0 Å². The third kappa shape index (κ3) is 3.55. The molecular formula is C17H33N3. The minimum Gasteiger partial charge on any atom is -0.313 e. The number of likely N-dealkylation sites (tertiary alicyclic amines) is 1. The molecule has 3 aliphatic rings. The van der Waals surface area contributed by atoms with E-state index in [2.05, 4.69) is 29.1 Å². The molecule has 0 spiro atoms. The van der Waals surface area contributed by atoms with Gasteiger partial charge in [0.25, 0.3) is 0 Å². The van der Waals surface area contributed by atoms with E-state index in [1.54, 1.807) is 0 Å². The molecule has 4 atom stereocenters. The minimum atomic E-state index is 0.796. The molecule has 2 heterocycles. The fourth-order valence-corrected chi connectivity index (χ4v) is 4.63. The fourth-order valence-electron chi connectivity index (χ4n) is 4.63. The first-order valence-electron chi connectivity index (χ1n) is 8.90. The molecule has 1 N–H and O–H groups in total. The van der Waals surface area contributed by atoms with E-state index in [0.29, 0.717) is 0 Å². The largest absolute Gasteiger partial charge is 0.313 e. The van der Waals surface area contributed by atoms with Gasteiger partial charge < -0.3 is 10.2 Å². The summed E-state index contributed by atoms with van der Waals surface area (Å²) in [5.74, 6) is 0.934. The minimum absolute atomic E-state index is 0.796. The normalized spacial score (nSPS) is 39.9. The van der Waals surface area contributed by atoms with E-state index in [1.807, 2.05) is 0 Å². The van der Waals surface area contributed by atoms with Crippen LogP contribution in [-0.4, -0.2) is 61.2 Å². The Morgan fingerprint density at radius 3 is 2.75 bits per heavy atom. The Balaban J connectivity index is 1.38. The summed E-state index contributed by atoms with van der Waals surface area (Å²) in [4.78, 5) is 5.36. The van der Waals surface area contributed by atoms with Gasteiger partial charge in [-0.05, 0) is 51.6 Å². The van der Waals surface area contributed by atoms with Gasteiger partial charge in [-0.2, -0.15) is 0 Å². The van der Waals surface area contributed by atoms with Crippen LogP contribution >= 0.6 is 0 Å². The smallest absolute Gasteiger partial charge is 0.0223 e. The Morgan fingerprint density at radius 1 is 1.05 bits per heavy atom. The summed E-state index contributed by atoms with van der Waals surface area (Å²) in [7, 11) is 2.34. The Kier molecular flexibility index (Phi) is 5.00. The highest BCUT2D eigenvalue weighted by atomic mass is 15.3. The number of likely N-dealkylation sites (N-methyl/N-ethyl adjacent to an activating group) is 1. The first-order chi connectivity index (χ1) is 9.72. The lowest BCUT2D eigenvalue weighted by Gasteiger charge is -2.30. The van der Waals surface area contributed by atoms with E-state index < -0.39 is 0 Å². The van der Waals surface area contributed by atoms with Crippen LogP contribution in [0.2, 0.25) is 0 Å². The average Bonchev–Trinajstić information content (AvgIpc) is 2.66. The van der Waals surface area contributed by atoms with E-state index >= 15 is 0 Å². The fraction of sp³-hybridized carbons (Fsp3) is 1.00. The van der Waals surface area contributed by atoms with Crippen molar-refractivity contribution in [3.63, 3.8) is 0 Å². The summed E-state index contributed by atoms with van der Waals surface area (Å²) in [6, 6.07) is 2.50. The number of fused-ring (bicyclic) bond motifs is 2. The van der Waals surface area contributed by atoms with Crippen LogP contribution in [0, 0.1) is 5.92 Å². The van der Waals surface area contributed by atoms with Gasteiger partial charge in [0.05, 0.1) is 0 Å². The van der Waals surface area contributed by atoms with Crippen LogP contribution in [0.1, 0.15) is 51.9 Å². The summed E-state index contributed by atoms with van der Waals surface area (Å²) in [5.41, 5.74) is 0. The maximum absolute atomic E-state index is 3.82. The highest BCUT2D eigenvalue weighted by molar-refractivity contribution is 4.91. The maximum Gasteiger partial charge on any atom is 0.0223 e. The molecule has 0 radical (unpaired) electrons. The summed E-state index contributed by atoms with van der Waals surface area (Å²) in [6.07, 6.45) is 9.91. The van der Waals surface area contributed by atoms with Crippen molar-refractivity contribution in [3.05, 3.63) is 0 Å².